The third-order valence-electron chi connectivity index (χ3n) is 3.73. The Hall–Kier alpha value is -1.63. The summed E-state index contributed by atoms with van der Waals surface area (Å²) in [5.41, 5.74) is 5.24. The number of hydrogen-bond donors (Lipinski definition) is 1. The van der Waals surface area contributed by atoms with E-state index < -0.39 is 5.69 Å². The summed E-state index contributed by atoms with van der Waals surface area (Å²) in [6.07, 6.45) is 3.07. The van der Waals surface area contributed by atoms with Crippen LogP contribution in [-0.4, -0.2) is 33.0 Å². The van der Waals surface area contributed by atoms with E-state index in [9.17, 15) is 9.59 Å². The molecular weight excluding hydrogens is 246 g/mol. The number of aryl methyl sites for hydroxylation is 1. The van der Waals surface area contributed by atoms with Crippen molar-refractivity contribution in [1.82, 2.24) is 14.3 Å². The van der Waals surface area contributed by atoms with Crippen LogP contribution in [0, 0.1) is 0 Å². The van der Waals surface area contributed by atoms with E-state index in [0.29, 0.717) is 5.82 Å². The quantitative estimate of drug-likeness (QED) is 0.757. The fraction of sp³-hybridized carbons (Fsp3) is 0.750. The lowest BCUT2D eigenvalue weighted by Gasteiger charge is -2.38. The van der Waals surface area contributed by atoms with Crippen molar-refractivity contribution in [2.24, 2.45) is 19.8 Å². The van der Waals surface area contributed by atoms with Crippen LogP contribution in [-0.2, 0) is 14.1 Å². The zero-order valence-electron chi connectivity index (χ0n) is 11.7. The molecule has 0 saturated carbocycles. The predicted molar refractivity (Wildman–Crippen MR) is 73.4 cm³/mol. The summed E-state index contributed by atoms with van der Waals surface area (Å²) < 4.78 is 2.29. The smallest absolute Gasteiger partial charge is 0.346 e. The molecule has 7 heteroatoms. The number of nitrogens with zero attached hydrogens (tertiary/aromatic N) is 4. The van der Waals surface area contributed by atoms with Crippen LogP contribution in [0.4, 0.5) is 5.82 Å². The summed E-state index contributed by atoms with van der Waals surface area (Å²) >= 11 is 0. The summed E-state index contributed by atoms with van der Waals surface area (Å²) in [5.74, 6) is 0.326. The summed E-state index contributed by atoms with van der Waals surface area (Å²) in [7, 11) is 3.02. The first-order valence-corrected chi connectivity index (χ1v) is 6.60. The average Bonchev–Trinajstić information content (AvgIpc) is 2.40. The van der Waals surface area contributed by atoms with Gasteiger partial charge in [-0.05, 0) is 26.2 Å². The maximum atomic E-state index is 12.2. The van der Waals surface area contributed by atoms with Gasteiger partial charge >= 0.3 is 5.69 Å². The third-order valence-corrected chi connectivity index (χ3v) is 3.73. The Morgan fingerprint density at radius 1 is 1.32 bits per heavy atom. The van der Waals surface area contributed by atoms with Gasteiger partial charge in [0.25, 0.3) is 5.56 Å². The number of anilines is 1. The van der Waals surface area contributed by atoms with Crippen molar-refractivity contribution < 1.29 is 0 Å². The molecule has 1 aliphatic rings. The molecule has 1 aliphatic heterocycles. The van der Waals surface area contributed by atoms with Gasteiger partial charge in [-0.15, -0.1) is 5.10 Å². The number of piperidine rings is 1. The fourth-order valence-electron chi connectivity index (χ4n) is 2.63. The van der Waals surface area contributed by atoms with Crippen LogP contribution in [0.1, 0.15) is 26.2 Å². The second kappa shape index (κ2) is 5.16. The monoisotopic (exact) mass is 267 g/mol. The Morgan fingerprint density at radius 3 is 2.63 bits per heavy atom. The molecule has 2 rings (SSSR count). The molecule has 1 saturated heterocycles. The first-order chi connectivity index (χ1) is 8.93. The number of hydrogen-bond acceptors (Lipinski definition) is 5. The Balaban J connectivity index is 2.51. The molecule has 0 aromatic carbocycles. The zero-order chi connectivity index (χ0) is 14.2. The van der Waals surface area contributed by atoms with Gasteiger partial charge in [0.05, 0.1) is 0 Å². The van der Waals surface area contributed by atoms with Crippen LogP contribution < -0.4 is 21.9 Å². The highest BCUT2D eigenvalue weighted by atomic mass is 16.2. The van der Waals surface area contributed by atoms with Gasteiger partial charge < -0.3 is 10.6 Å². The summed E-state index contributed by atoms with van der Waals surface area (Å²) in [6, 6.07) is 0.0653. The van der Waals surface area contributed by atoms with E-state index in [1.165, 1.54) is 11.7 Å². The molecule has 0 amide bonds. The van der Waals surface area contributed by atoms with Crippen molar-refractivity contribution >= 4 is 5.82 Å². The fourth-order valence-corrected chi connectivity index (χ4v) is 2.63. The Kier molecular flexibility index (Phi) is 3.75. The van der Waals surface area contributed by atoms with Crippen molar-refractivity contribution in [3.63, 3.8) is 0 Å². The summed E-state index contributed by atoms with van der Waals surface area (Å²) in [4.78, 5) is 25.8. The zero-order valence-corrected chi connectivity index (χ0v) is 11.7. The van der Waals surface area contributed by atoms with Crippen LogP contribution in [0.3, 0.4) is 0 Å². The minimum absolute atomic E-state index is 0.0379. The Labute approximate surface area is 111 Å². The van der Waals surface area contributed by atoms with Crippen molar-refractivity contribution in [1.29, 1.82) is 0 Å². The molecule has 7 nitrogen and oxygen atoms in total. The summed E-state index contributed by atoms with van der Waals surface area (Å²) in [5, 5.41) is 4.13. The molecular formula is C12H21N5O2. The van der Waals surface area contributed by atoms with E-state index in [0.717, 1.165) is 30.4 Å². The molecule has 0 bridgehead atoms. The molecule has 0 spiro atoms. The second-order valence-electron chi connectivity index (χ2n) is 5.21. The van der Waals surface area contributed by atoms with Gasteiger partial charge in [0.15, 0.2) is 0 Å². The van der Waals surface area contributed by atoms with Gasteiger partial charge in [0.2, 0.25) is 5.82 Å². The largest absolute Gasteiger partial charge is 0.346 e. The van der Waals surface area contributed by atoms with Crippen LogP contribution in [0.15, 0.2) is 9.59 Å². The van der Waals surface area contributed by atoms with Crippen molar-refractivity contribution in [3.8, 4) is 0 Å². The molecule has 2 heterocycles. The van der Waals surface area contributed by atoms with Crippen LogP contribution in [0.2, 0.25) is 0 Å². The Bertz CT molecular complexity index is 574. The van der Waals surface area contributed by atoms with Crippen molar-refractivity contribution in [2.75, 3.05) is 11.4 Å². The maximum absolute atomic E-state index is 12.2. The van der Waals surface area contributed by atoms with Crippen molar-refractivity contribution in [3.05, 3.63) is 20.8 Å². The highest BCUT2D eigenvalue weighted by Gasteiger charge is 2.29. The van der Waals surface area contributed by atoms with Gasteiger partial charge in [0.1, 0.15) is 0 Å². The highest BCUT2D eigenvalue weighted by molar-refractivity contribution is 5.37. The molecule has 106 valence electrons. The molecule has 2 atom stereocenters. The number of nitrogens with two attached hydrogens (primary N) is 1. The predicted octanol–water partition coefficient (Wildman–Crippen LogP) is -0.815. The van der Waals surface area contributed by atoms with Gasteiger partial charge in [-0.2, -0.15) is 0 Å². The first-order valence-electron chi connectivity index (χ1n) is 6.60. The molecule has 1 aromatic rings. The third kappa shape index (κ3) is 2.42. The van der Waals surface area contributed by atoms with E-state index >= 15 is 0 Å². The van der Waals surface area contributed by atoms with Crippen LogP contribution in [0.5, 0.6) is 0 Å². The summed E-state index contributed by atoms with van der Waals surface area (Å²) in [6.45, 7) is 2.70. The maximum Gasteiger partial charge on any atom is 0.346 e. The van der Waals surface area contributed by atoms with E-state index in [4.69, 9.17) is 5.73 Å². The number of rotatable bonds is 2. The standard InChI is InChI=1S/C12H21N5O2/c1-8(13)9-6-4-5-7-17(9)10-11(18)15(2)12(19)16(3)14-10/h8-9H,4-7,13H2,1-3H3. The van der Waals surface area contributed by atoms with E-state index in [2.05, 4.69) is 5.10 Å². The van der Waals surface area contributed by atoms with Crippen molar-refractivity contribution in [2.45, 2.75) is 38.3 Å². The molecule has 1 aromatic heterocycles. The molecule has 2 unspecified atom stereocenters. The molecule has 1 fully saturated rings. The molecule has 19 heavy (non-hydrogen) atoms. The van der Waals surface area contributed by atoms with E-state index in [1.807, 2.05) is 11.8 Å². The van der Waals surface area contributed by atoms with Gasteiger partial charge in [-0.25, -0.2) is 9.48 Å². The topological polar surface area (TPSA) is 86.2 Å². The Morgan fingerprint density at radius 2 is 2.00 bits per heavy atom. The normalized spacial score (nSPS) is 21.5. The SMILES string of the molecule is CC(N)C1CCCCN1c1nn(C)c(=O)n(C)c1=O. The van der Waals surface area contributed by atoms with E-state index in [1.54, 1.807) is 7.05 Å². The lowest BCUT2D eigenvalue weighted by molar-refractivity contribution is 0.404. The minimum atomic E-state index is -0.414. The molecule has 0 aliphatic carbocycles. The second-order valence-corrected chi connectivity index (χ2v) is 5.21. The minimum Gasteiger partial charge on any atom is -0.346 e. The van der Waals surface area contributed by atoms with Crippen LogP contribution in [0.25, 0.3) is 0 Å². The molecule has 0 radical (unpaired) electrons. The highest BCUT2D eigenvalue weighted by Crippen LogP contribution is 2.21. The van der Waals surface area contributed by atoms with E-state index in [-0.39, 0.29) is 17.6 Å². The first kappa shape index (κ1) is 13.8. The number of aromatic nitrogens is 3. The molecule has 2 N–H and O–H groups in total. The lowest BCUT2D eigenvalue weighted by atomic mass is 9.97. The van der Waals surface area contributed by atoms with Gasteiger partial charge in [-0.3, -0.25) is 9.36 Å². The van der Waals surface area contributed by atoms with Crippen LogP contribution >= 0.6 is 0 Å². The van der Waals surface area contributed by atoms with Gasteiger partial charge in [0, 0.05) is 32.7 Å². The average molecular weight is 267 g/mol. The lowest BCUT2D eigenvalue weighted by Crippen LogP contribution is -2.53. The van der Waals surface area contributed by atoms with Gasteiger partial charge in [-0.1, -0.05) is 0 Å².